The lowest BCUT2D eigenvalue weighted by molar-refractivity contribution is -0.123. The van der Waals surface area contributed by atoms with E-state index in [-0.39, 0.29) is 18.2 Å². The number of rotatable bonds is 3. The van der Waals surface area contributed by atoms with Gasteiger partial charge in [0.15, 0.2) is 0 Å². The highest BCUT2D eigenvalue weighted by molar-refractivity contribution is 6.07. The molecule has 0 spiro atoms. The smallest absolute Gasteiger partial charge is 0.252 e. The number of aliphatic imine (C=N–C) groups is 1. The number of piperidine rings is 1. The Kier molecular flexibility index (Phi) is 4.37. The number of anilines is 1. The van der Waals surface area contributed by atoms with E-state index in [1.807, 2.05) is 30.3 Å². The zero-order valence-electron chi connectivity index (χ0n) is 12.4. The van der Waals surface area contributed by atoms with Gasteiger partial charge in [-0.3, -0.25) is 14.9 Å². The van der Waals surface area contributed by atoms with Crippen LogP contribution in [0.15, 0.2) is 35.3 Å². The molecule has 0 bridgehead atoms. The monoisotopic (exact) mass is 300 g/mol. The van der Waals surface area contributed by atoms with Crippen molar-refractivity contribution in [3.63, 3.8) is 0 Å². The molecule has 1 aromatic carbocycles. The third-order valence-electron chi connectivity index (χ3n) is 3.91. The summed E-state index contributed by atoms with van der Waals surface area (Å²) in [4.78, 5) is 30.5. The average Bonchev–Trinajstić information content (AvgIpc) is 2.90. The van der Waals surface area contributed by atoms with Crippen molar-refractivity contribution in [2.75, 3.05) is 18.4 Å². The van der Waals surface area contributed by atoms with Gasteiger partial charge in [-0.1, -0.05) is 18.2 Å². The van der Waals surface area contributed by atoms with Gasteiger partial charge in [0, 0.05) is 18.8 Å². The van der Waals surface area contributed by atoms with Gasteiger partial charge in [-0.2, -0.15) is 0 Å². The summed E-state index contributed by atoms with van der Waals surface area (Å²) >= 11 is 0. The van der Waals surface area contributed by atoms with Crippen LogP contribution in [-0.4, -0.2) is 41.8 Å². The van der Waals surface area contributed by atoms with E-state index in [0.29, 0.717) is 5.96 Å². The van der Waals surface area contributed by atoms with Crippen LogP contribution in [0.25, 0.3) is 0 Å². The van der Waals surface area contributed by atoms with E-state index in [0.717, 1.165) is 31.6 Å². The lowest BCUT2D eigenvalue weighted by Crippen LogP contribution is -2.43. The zero-order chi connectivity index (χ0) is 15.4. The van der Waals surface area contributed by atoms with E-state index < -0.39 is 6.04 Å². The number of carbonyl (C=O) groups is 2. The third kappa shape index (κ3) is 3.44. The maximum absolute atomic E-state index is 12.0. The minimum Gasteiger partial charge on any atom is -0.343 e. The highest BCUT2D eigenvalue weighted by Crippen LogP contribution is 2.14. The topological polar surface area (TPSA) is 73.8 Å². The number of nitrogens with zero attached hydrogens (tertiary/aromatic N) is 2. The molecule has 2 N–H and O–H groups in total. The van der Waals surface area contributed by atoms with Gasteiger partial charge in [0.1, 0.15) is 6.04 Å². The van der Waals surface area contributed by atoms with Crippen molar-refractivity contribution in [2.24, 2.45) is 4.99 Å². The third-order valence-corrected chi connectivity index (χ3v) is 3.91. The Balaban J connectivity index is 1.58. The van der Waals surface area contributed by atoms with Crippen molar-refractivity contribution in [3.8, 4) is 0 Å². The molecule has 2 heterocycles. The van der Waals surface area contributed by atoms with Crippen molar-refractivity contribution in [1.82, 2.24) is 10.2 Å². The molecule has 2 amide bonds. The highest BCUT2D eigenvalue weighted by Gasteiger charge is 2.31. The first-order valence-corrected chi connectivity index (χ1v) is 7.71. The number of hydrogen-bond acceptors (Lipinski definition) is 4. The van der Waals surface area contributed by atoms with Gasteiger partial charge < -0.3 is 10.2 Å². The molecule has 1 saturated heterocycles. The highest BCUT2D eigenvalue weighted by atomic mass is 16.2. The Morgan fingerprint density at radius 3 is 2.68 bits per heavy atom. The fourth-order valence-corrected chi connectivity index (χ4v) is 2.75. The summed E-state index contributed by atoms with van der Waals surface area (Å²) in [6, 6.07) is 8.59. The summed E-state index contributed by atoms with van der Waals surface area (Å²) in [5.41, 5.74) is 0.728. The minimum atomic E-state index is -0.624. The maximum Gasteiger partial charge on any atom is 0.252 e. The van der Waals surface area contributed by atoms with Crippen LogP contribution in [0.2, 0.25) is 0 Å². The molecule has 22 heavy (non-hydrogen) atoms. The standard InChI is InChI=1S/C16H20N4O2/c21-14(17-12-7-3-1-4-8-12)11-13-15(22)19-16(18-13)20-9-5-2-6-10-20/h1,3-4,7-8,13H,2,5-6,9-11H2,(H,17,21)(H,18,19,22)/t13-/m0/s1. The van der Waals surface area contributed by atoms with Gasteiger partial charge in [0.05, 0.1) is 6.42 Å². The van der Waals surface area contributed by atoms with E-state index in [9.17, 15) is 9.59 Å². The molecule has 1 aromatic rings. The van der Waals surface area contributed by atoms with E-state index in [1.165, 1.54) is 6.42 Å². The Morgan fingerprint density at radius 1 is 1.23 bits per heavy atom. The summed E-state index contributed by atoms with van der Waals surface area (Å²) in [7, 11) is 0. The first-order chi connectivity index (χ1) is 10.7. The number of para-hydroxylation sites is 1. The summed E-state index contributed by atoms with van der Waals surface area (Å²) in [5, 5.41) is 5.58. The predicted molar refractivity (Wildman–Crippen MR) is 84.5 cm³/mol. The summed E-state index contributed by atoms with van der Waals surface area (Å²) in [5.74, 6) is 0.237. The molecule has 0 unspecified atom stereocenters. The molecule has 1 atom stereocenters. The summed E-state index contributed by atoms with van der Waals surface area (Å²) in [6.07, 6.45) is 3.53. The molecule has 2 aliphatic rings. The van der Waals surface area contributed by atoms with Gasteiger partial charge in [-0.15, -0.1) is 0 Å². The van der Waals surface area contributed by atoms with Crippen LogP contribution in [0.3, 0.4) is 0 Å². The summed E-state index contributed by atoms with van der Waals surface area (Å²) < 4.78 is 0. The van der Waals surface area contributed by atoms with Crippen LogP contribution in [0.5, 0.6) is 0 Å². The second kappa shape index (κ2) is 6.60. The average molecular weight is 300 g/mol. The van der Waals surface area contributed by atoms with Crippen LogP contribution in [0.4, 0.5) is 5.69 Å². The lowest BCUT2D eigenvalue weighted by atomic mass is 10.1. The van der Waals surface area contributed by atoms with Crippen LogP contribution >= 0.6 is 0 Å². The molecular weight excluding hydrogens is 280 g/mol. The molecule has 6 nitrogen and oxygen atoms in total. The molecule has 0 aromatic heterocycles. The van der Waals surface area contributed by atoms with Crippen molar-refractivity contribution < 1.29 is 9.59 Å². The van der Waals surface area contributed by atoms with Gasteiger partial charge >= 0.3 is 0 Å². The Labute approximate surface area is 129 Å². The first-order valence-electron chi connectivity index (χ1n) is 7.71. The van der Waals surface area contributed by atoms with Gasteiger partial charge in [0.2, 0.25) is 11.9 Å². The number of amides is 2. The number of guanidine groups is 1. The second-order valence-corrected chi connectivity index (χ2v) is 5.62. The van der Waals surface area contributed by atoms with Crippen LogP contribution in [0, 0.1) is 0 Å². The second-order valence-electron chi connectivity index (χ2n) is 5.62. The van der Waals surface area contributed by atoms with Gasteiger partial charge in [-0.05, 0) is 31.4 Å². The molecule has 2 aliphatic heterocycles. The Morgan fingerprint density at radius 2 is 1.95 bits per heavy atom. The molecule has 116 valence electrons. The van der Waals surface area contributed by atoms with E-state index in [1.54, 1.807) is 0 Å². The minimum absolute atomic E-state index is 0.0675. The quantitative estimate of drug-likeness (QED) is 0.885. The predicted octanol–water partition coefficient (Wildman–Crippen LogP) is 1.36. The number of benzene rings is 1. The number of carbonyl (C=O) groups excluding carboxylic acids is 2. The normalized spacial score (nSPS) is 21.3. The van der Waals surface area contributed by atoms with E-state index >= 15 is 0 Å². The number of hydrogen-bond donors (Lipinski definition) is 2. The van der Waals surface area contributed by atoms with E-state index in [2.05, 4.69) is 20.5 Å². The van der Waals surface area contributed by atoms with Crippen molar-refractivity contribution in [3.05, 3.63) is 30.3 Å². The molecule has 3 rings (SSSR count). The van der Waals surface area contributed by atoms with Crippen molar-refractivity contribution in [1.29, 1.82) is 0 Å². The SMILES string of the molecule is O=C(C[C@@H]1N=C(N2CCCCC2)NC1=O)Nc1ccccc1. The zero-order valence-corrected chi connectivity index (χ0v) is 12.4. The lowest BCUT2D eigenvalue weighted by Gasteiger charge is -2.27. The van der Waals surface area contributed by atoms with Crippen molar-refractivity contribution >= 4 is 23.5 Å². The molecule has 0 aliphatic carbocycles. The molecule has 6 heteroatoms. The first kappa shape index (κ1) is 14.6. The number of likely N-dealkylation sites (tertiary alicyclic amines) is 1. The fourth-order valence-electron chi connectivity index (χ4n) is 2.75. The summed E-state index contributed by atoms with van der Waals surface area (Å²) in [6.45, 7) is 1.84. The van der Waals surface area contributed by atoms with Crippen LogP contribution in [0.1, 0.15) is 25.7 Å². The Hall–Kier alpha value is -2.37. The maximum atomic E-state index is 12.0. The Bertz CT molecular complexity index is 579. The van der Waals surface area contributed by atoms with Gasteiger partial charge in [-0.25, -0.2) is 4.99 Å². The van der Waals surface area contributed by atoms with Gasteiger partial charge in [0.25, 0.3) is 5.91 Å². The van der Waals surface area contributed by atoms with Crippen LogP contribution < -0.4 is 10.6 Å². The van der Waals surface area contributed by atoms with Crippen LogP contribution in [-0.2, 0) is 9.59 Å². The molecule has 0 radical (unpaired) electrons. The number of nitrogens with one attached hydrogen (secondary N) is 2. The van der Waals surface area contributed by atoms with Crippen molar-refractivity contribution in [2.45, 2.75) is 31.7 Å². The largest absolute Gasteiger partial charge is 0.343 e. The molecule has 0 saturated carbocycles. The molecular formula is C16H20N4O2. The van der Waals surface area contributed by atoms with E-state index in [4.69, 9.17) is 0 Å². The molecule has 1 fully saturated rings. The fraction of sp³-hybridized carbons (Fsp3) is 0.438.